The van der Waals surface area contributed by atoms with Crippen molar-refractivity contribution in [2.45, 2.75) is 51.9 Å². The second-order valence-electron chi connectivity index (χ2n) is 10.8. The van der Waals surface area contributed by atoms with Crippen molar-refractivity contribution in [1.29, 1.82) is 0 Å². The molecule has 9 nitrogen and oxygen atoms in total. The third-order valence-corrected chi connectivity index (χ3v) is 8.02. The predicted octanol–water partition coefficient (Wildman–Crippen LogP) is 1.59. The van der Waals surface area contributed by atoms with Crippen LogP contribution in [-0.4, -0.2) is 72.4 Å². The summed E-state index contributed by atoms with van der Waals surface area (Å²) in [5, 5.41) is 5.36. The van der Waals surface area contributed by atoms with Crippen LogP contribution in [0.25, 0.3) is 0 Å². The first kappa shape index (κ1) is 26.2. The number of piperidine rings is 1. The number of likely N-dealkylation sites (N-methyl/N-ethyl adjacent to an activating group) is 1. The summed E-state index contributed by atoms with van der Waals surface area (Å²) >= 11 is 0. The Bertz CT molecular complexity index is 1290. The molecule has 2 N–H and O–H groups in total. The van der Waals surface area contributed by atoms with Crippen molar-refractivity contribution in [1.82, 2.24) is 15.5 Å². The zero-order valence-corrected chi connectivity index (χ0v) is 22.0. The van der Waals surface area contributed by atoms with E-state index in [0.29, 0.717) is 31.5 Å². The van der Waals surface area contributed by atoms with Crippen LogP contribution in [0.4, 0.5) is 0 Å². The summed E-state index contributed by atoms with van der Waals surface area (Å²) in [6.45, 7) is 7.15. The summed E-state index contributed by atoms with van der Waals surface area (Å²) in [4.78, 5) is 52.3. The average Bonchev–Trinajstić information content (AvgIpc) is 3.14. The van der Waals surface area contributed by atoms with Crippen molar-refractivity contribution < 1.29 is 28.4 Å². The van der Waals surface area contributed by atoms with Crippen LogP contribution in [0, 0.1) is 6.92 Å². The van der Waals surface area contributed by atoms with Crippen molar-refractivity contribution in [2.75, 3.05) is 33.4 Å². The Morgan fingerprint density at radius 3 is 2.61 bits per heavy atom. The SMILES string of the molecule is Cc1cc(CC(=O)NCc2ccc3c(c2)C[N+](C)(C2CCC(=O)NC2=O)C3=O)ccc1CN1CCOCC1. The highest BCUT2D eigenvalue weighted by molar-refractivity contribution is 6.02. The number of morpholine rings is 1. The molecule has 3 aliphatic heterocycles. The predicted molar refractivity (Wildman–Crippen MR) is 140 cm³/mol. The number of carbonyl (C=O) groups excluding carboxylic acids is 4. The van der Waals surface area contributed by atoms with Gasteiger partial charge in [-0.2, -0.15) is 0 Å². The van der Waals surface area contributed by atoms with E-state index in [9.17, 15) is 19.2 Å². The van der Waals surface area contributed by atoms with Gasteiger partial charge in [-0.05, 0) is 41.3 Å². The average molecular weight is 520 g/mol. The fourth-order valence-corrected chi connectivity index (χ4v) is 5.77. The lowest BCUT2D eigenvalue weighted by molar-refractivity contribution is -0.855. The number of quaternary nitrogens is 1. The molecule has 3 aliphatic rings. The Kier molecular flexibility index (Phi) is 7.43. The molecule has 0 bridgehead atoms. The van der Waals surface area contributed by atoms with E-state index in [1.807, 2.05) is 18.2 Å². The van der Waals surface area contributed by atoms with Crippen molar-refractivity contribution in [2.24, 2.45) is 0 Å². The minimum absolute atomic E-state index is 0.0638. The first-order valence-electron chi connectivity index (χ1n) is 13.2. The van der Waals surface area contributed by atoms with Crippen LogP contribution in [0.15, 0.2) is 36.4 Å². The van der Waals surface area contributed by atoms with Gasteiger partial charge < -0.3 is 10.1 Å². The number of hydrogen-bond donors (Lipinski definition) is 2. The molecule has 3 heterocycles. The Labute approximate surface area is 222 Å². The number of rotatable bonds is 7. The highest BCUT2D eigenvalue weighted by Crippen LogP contribution is 2.34. The van der Waals surface area contributed by atoms with E-state index >= 15 is 0 Å². The Hall–Kier alpha value is -3.40. The van der Waals surface area contributed by atoms with Crippen LogP contribution < -0.4 is 10.6 Å². The minimum Gasteiger partial charge on any atom is -0.379 e. The van der Waals surface area contributed by atoms with Gasteiger partial charge in [-0.15, -0.1) is 0 Å². The monoisotopic (exact) mass is 519 g/mol. The van der Waals surface area contributed by atoms with Gasteiger partial charge in [-0.3, -0.25) is 24.6 Å². The number of benzene rings is 2. The topological polar surface area (TPSA) is 105 Å². The van der Waals surface area contributed by atoms with Crippen LogP contribution in [0.2, 0.25) is 0 Å². The second kappa shape index (κ2) is 10.8. The first-order valence-corrected chi connectivity index (χ1v) is 13.2. The normalized spacial score (nSPS) is 23.7. The van der Waals surface area contributed by atoms with Gasteiger partial charge in [0.15, 0.2) is 6.04 Å². The largest absolute Gasteiger partial charge is 0.379 e. The second-order valence-corrected chi connectivity index (χ2v) is 10.8. The molecule has 2 aromatic carbocycles. The van der Waals surface area contributed by atoms with E-state index in [1.165, 1.54) is 11.1 Å². The molecular weight excluding hydrogens is 484 g/mol. The Morgan fingerprint density at radius 2 is 1.87 bits per heavy atom. The number of imide groups is 1. The van der Waals surface area contributed by atoms with E-state index in [1.54, 1.807) is 13.1 Å². The molecule has 2 unspecified atom stereocenters. The molecule has 200 valence electrons. The first-order chi connectivity index (χ1) is 18.2. The third-order valence-electron chi connectivity index (χ3n) is 8.02. The van der Waals surface area contributed by atoms with Gasteiger partial charge in [0.2, 0.25) is 11.8 Å². The third kappa shape index (κ3) is 5.41. The fourth-order valence-electron chi connectivity index (χ4n) is 5.77. The van der Waals surface area contributed by atoms with Crippen molar-refractivity contribution in [3.63, 3.8) is 0 Å². The summed E-state index contributed by atoms with van der Waals surface area (Å²) in [5.41, 5.74) is 5.79. The number of fused-ring (bicyclic) bond motifs is 1. The Balaban J connectivity index is 1.17. The molecule has 0 spiro atoms. The number of hydrogen-bond acceptors (Lipinski definition) is 6. The maximum atomic E-state index is 13.2. The highest BCUT2D eigenvalue weighted by Gasteiger charge is 2.51. The zero-order valence-electron chi connectivity index (χ0n) is 22.0. The van der Waals surface area contributed by atoms with E-state index in [-0.39, 0.29) is 34.5 Å². The molecular formula is C29H35N4O5+. The molecule has 0 aromatic heterocycles. The molecule has 2 aromatic rings. The standard InChI is InChI=1S/C29H34N4O5/c1-19-13-20(3-5-22(19)17-32-9-11-38-12-10-32)15-27(35)30-16-21-4-6-24-23(14-21)18-33(2,29(24)37)25-7-8-26(34)31-28(25)36/h3-6,13-14,25H,7-12,15-18H2,1-2H3,(H-,30,31,34,35,36)/p+1. The number of aryl methyl sites for hydroxylation is 1. The summed E-state index contributed by atoms with van der Waals surface area (Å²) in [6, 6.07) is 11.2. The molecule has 2 saturated heterocycles. The number of amides is 4. The maximum absolute atomic E-state index is 13.2. The van der Waals surface area contributed by atoms with Crippen LogP contribution in [0.3, 0.4) is 0 Å². The van der Waals surface area contributed by atoms with Crippen molar-refractivity contribution in [3.05, 3.63) is 69.8 Å². The lowest BCUT2D eigenvalue weighted by Crippen LogP contribution is -2.61. The maximum Gasteiger partial charge on any atom is 0.347 e. The zero-order chi connectivity index (χ0) is 26.9. The molecule has 4 amide bonds. The number of ether oxygens (including phenoxy) is 1. The summed E-state index contributed by atoms with van der Waals surface area (Å²) in [7, 11) is 1.76. The molecule has 0 radical (unpaired) electrons. The van der Waals surface area contributed by atoms with Gasteiger partial charge in [0, 0.05) is 44.6 Å². The Morgan fingerprint density at radius 1 is 1.11 bits per heavy atom. The lowest BCUT2D eigenvalue weighted by Gasteiger charge is -2.35. The van der Waals surface area contributed by atoms with Crippen LogP contribution in [-0.2, 0) is 45.2 Å². The fraction of sp³-hybridized carbons (Fsp3) is 0.448. The van der Waals surface area contributed by atoms with Crippen molar-refractivity contribution in [3.8, 4) is 0 Å². The van der Waals surface area contributed by atoms with Gasteiger partial charge in [-0.1, -0.05) is 24.3 Å². The highest BCUT2D eigenvalue weighted by atomic mass is 16.5. The number of nitrogens with one attached hydrogen (secondary N) is 2. The van der Waals surface area contributed by atoms with Crippen LogP contribution >= 0.6 is 0 Å². The van der Waals surface area contributed by atoms with Gasteiger partial charge in [0.25, 0.3) is 5.91 Å². The molecule has 2 atom stereocenters. The van der Waals surface area contributed by atoms with Crippen LogP contribution in [0.5, 0.6) is 0 Å². The number of nitrogens with zero attached hydrogens (tertiary/aromatic N) is 2. The van der Waals surface area contributed by atoms with E-state index in [0.717, 1.165) is 49.5 Å². The van der Waals surface area contributed by atoms with Gasteiger partial charge >= 0.3 is 5.91 Å². The van der Waals surface area contributed by atoms with E-state index in [2.05, 4.69) is 34.6 Å². The molecule has 9 heteroatoms. The molecule has 5 rings (SSSR count). The summed E-state index contributed by atoms with van der Waals surface area (Å²) in [5.74, 6) is -0.857. The van der Waals surface area contributed by atoms with E-state index in [4.69, 9.17) is 4.74 Å². The van der Waals surface area contributed by atoms with Gasteiger partial charge in [-0.25, -0.2) is 9.28 Å². The van der Waals surface area contributed by atoms with E-state index < -0.39 is 6.04 Å². The van der Waals surface area contributed by atoms with Crippen molar-refractivity contribution >= 4 is 23.6 Å². The lowest BCUT2D eigenvalue weighted by atomic mass is 10.0. The summed E-state index contributed by atoms with van der Waals surface area (Å²) in [6.07, 6.45) is 0.894. The molecule has 2 fully saturated rings. The minimum atomic E-state index is -0.584. The molecule has 38 heavy (non-hydrogen) atoms. The molecule has 0 saturated carbocycles. The molecule has 0 aliphatic carbocycles. The smallest absolute Gasteiger partial charge is 0.347 e. The summed E-state index contributed by atoms with van der Waals surface area (Å²) < 4.78 is 5.36. The quantitative estimate of drug-likeness (QED) is 0.425. The number of carbonyl (C=O) groups is 4. The van der Waals surface area contributed by atoms with Gasteiger partial charge in [0.1, 0.15) is 6.54 Å². The van der Waals surface area contributed by atoms with Gasteiger partial charge in [0.05, 0.1) is 32.2 Å². The van der Waals surface area contributed by atoms with Crippen LogP contribution in [0.1, 0.15) is 51.0 Å².